The van der Waals surface area contributed by atoms with Gasteiger partial charge in [-0.25, -0.2) is 0 Å². The third-order valence-corrected chi connectivity index (χ3v) is 5.98. The zero-order valence-electron chi connectivity index (χ0n) is 24.5. The molecule has 0 radical (unpaired) electrons. The highest BCUT2D eigenvalue weighted by molar-refractivity contribution is 5.85. The van der Waals surface area contributed by atoms with Crippen molar-refractivity contribution >= 4 is 42.2 Å². The van der Waals surface area contributed by atoms with Crippen LogP contribution in [0.15, 0.2) is 0 Å². The van der Waals surface area contributed by atoms with Crippen molar-refractivity contribution < 1.29 is 47.7 Å². The molecule has 1 aliphatic heterocycles. The number of ether oxygens (including phenoxy) is 5. The van der Waals surface area contributed by atoms with E-state index in [1.54, 1.807) is 34.6 Å². The van der Waals surface area contributed by atoms with Gasteiger partial charge < -0.3 is 34.7 Å². The fraction of sp³-hybridized carbons (Fsp3) is 0.815. The Morgan fingerprint density at radius 2 is 1.25 bits per heavy atom. The van der Waals surface area contributed by atoms with Crippen molar-refractivity contribution in [2.45, 2.75) is 130 Å². The van der Waals surface area contributed by atoms with Crippen LogP contribution >= 0.6 is 12.4 Å². The first-order valence-corrected chi connectivity index (χ1v) is 13.9. The van der Waals surface area contributed by atoms with Gasteiger partial charge in [-0.2, -0.15) is 0 Å². The summed E-state index contributed by atoms with van der Waals surface area (Å²) in [4.78, 5) is 62.9. The lowest BCUT2D eigenvalue weighted by Crippen LogP contribution is -2.67. The number of rotatable bonds is 16. The molecule has 1 unspecified atom stereocenters. The van der Waals surface area contributed by atoms with E-state index in [2.05, 4.69) is 5.32 Å². The molecule has 0 aromatic rings. The average molecular weight is 595 g/mol. The third-order valence-electron chi connectivity index (χ3n) is 5.98. The predicted octanol–water partition coefficient (Wildman–Crippen LogP) is 2.71. The molecule has 12 nitrogen and oxygen atoms in total. The molecule has 0 saturated carbocycles. The summed E-state index contributed by atoms with van der Waals surface area (Å²) in [6.07, 6.45) is -2.80. The van der Waals surface area contributed by atoms with Gasteiger partial charge in [-0.3, -0.25) is 24.0 Å². The Labute approximate surface area is 243 Å². The highest BCUT2D eigenvalue weighted by atomic mass is 35.5. The van der Waals surface area contributed by atoms with Crippen LogP contribution in [0.3, 0.4) is 0 Å². The van der Waals surface area contributed by atoms with Crippen molar-refractivity contribution in [1.29, 1.82) is 0 Å². The first kappa shape index (κ1) is 37.6. The molecule has 1 saturated heterocycles. The molecule has 0 spiro atoms. The number of amides is 1. The molecule has 3 N–H and O–H groups in total. The number of esters is 4. The number of carbonyl (C=O) groups excluding carboxylic acids is 5. The van der Waals surface area contributed by atoms with Crippen molar-refractivity contribution in [2.24, 2.45) is 11.7 Å². The van der Waals surface area contributed by atoms with Gasteiger partial charge in [0.05, 0.1) is 0 Å². The summed E-state index contributed by atoms with van der Waals surface area (Å²) in [6.45, 7) is 10.3. The van der Waals surface area contributed by atoms with E-state index in [0.29, 0.717) is 25.7 Å². The number of hydrogen-bond acceptors (Lipinski definition) is 11. The van der Waals surface area contributed by atoms with Crippen LogP contribution in [0.1, 0.15) is 92.9 Å². The van der Waals surface area contributed by atoms with Gasteiger partial charge in [0, 0.05) is 25.7 Å². The summed E-state index contributed by atoms with van der Waals surface area (Å²) < 4.78 is 28.4. The molecular formula is C27H47ClN2O10. The summed E-state index contributed by atoms with van der Waals surface area (Å²) >= 11 is 0. The lowest BCUT2D eigenvalue weighted by atomic mass is 9.95. The van der Waals surface area contributed by atoms with Crippen LogP contribution in [0, 0.1) is 5.92 Å². The van der Waals surface area contributed by atoms with Crippen LogP contribution in [0.25, 0.3) is 0 Å². The Bertz CT molecular complexity index is 825. The third kappa shape index (κ3) is 12.4. The smallest absolute Gasteiger partial charge is 0.323 e. The van der Waals surface area contributed by atoms with Crippen molar-refractivity contribution in [3.63, 3.8) is 0 Å². The molecule has 13 heteroatoms. The van der Waals surface area contributed by atoms with Crippen molar-refractivity contribution in [3.8, 4) is 0 Å². The summed E-state index contributed by atoms with van der Waals surface area (Å²) in [7, 11) is 0. The maximum absolute atomic E-state index is 12.7. The van der Waals surface area contributed by atoms with Crippen molar-refractivity contribution in [1.82, 2.24) is 5.32 Å². The van der Waals surface area contributed by atoms with E-state index in [-0.39, 0.29) is 44.0 Å². The SMILES string of the molecule is CCCC(=O)N[C@H]1C(OC(=O)CCC)O[C@H](COC(=O)[C@@H](N)C(C)C)[C@@H](OC(=O)CCC)[C@@H]1OC(=O)CCC.Cl. The molecule has 40 heavy (non-hydrogen) atoms. The van der Waals surface area contributed by atoms with Crippen LogP contribution in [0.2, 0.25) is 0 Å². The monoisotopic (exact) mass is 594 g/mol. The number of nitrogens with one attached hydrogen (secondary N) is 1. The normalized spacial score (nSPS) is 22.9. The second-order valence-corrected chi connectivity index (χ2v) is 9.93. The molecule has 0 aromatic carbocycles. The fourth-order valence-electron chi connectivity index (χ4n) is 3.81. The average Bonchev–Trinajstić information content (AvgIpc) is 2.86. The van der Waals surface area contributed by atoms with Gasteiger partial charge in [0.15, 0.2) is 12.2 Å². The van der Waals surface area contributed by atoms with Gasteiger partial charge in [0.1, 0.15) is 24.8 Å². The van der Waals surface area contributed by atoms with Gasteiger partial charge in [-0.15, -0.1) is 12.4 Å². The molecule has 0 bridgehead atoms. The number of carbonyl (C=O) groups is 5. The lowest BCUT2D eigenvalue weighted by molar-refractivity contribution is -0.272. The molecule has 6 atom stereocenters. The zero-order chi connectivity index (χ0) is 29.5. The van der Waals surface area contributed by atoms with Crippen molar-refractivity contribution in [3.05, 3.63) is 0 Å². The lowest BCUT2D eigenvalue weighted by Gasteiger charge is -2.44. The van der Waals surface area contributed by atoms with Crippen LogP contribution in [0.5, 0.6) is 0 Å². The topological polar surface area (TPSA) is 170 Å². The highest BCUT2D eigenvalue weighted by Crippen LogP contribution is 2.29. The van der Waals surface area contributed by atoms with E-state index in [1.807, 2.05) is 6.92 Å². The Morgan fingerprint density at radius 3 is 1.73 bits per heavy atom. The van der Waals surface area contributed by atoms with Crippen molar-refractivity contribution in [2.75, 3.05) is 6.61 Å². The van der Waals surface area contributed by atoms with Gasteiger partial charge in [0.25, 0.3) is 0 Å². The minimum absolute atomic E-state index is 0. The maximum Gasteiger partial charge on any atom is 0.323 e. The quantitative estimate of drug-likeness (QED) is 0.199. The summed E-state index contributed by atoms with van der Waals surface area (Å²) in [5, 5.41) is 2.73. The number of hydrogen-bond donors (Lipinski definition) is 2. The molecule has 1 aliphatic rings. The minimum atomic E-state index is -1.41. The predicted molar refractivity (Wildman–Crippen MR) is 147 cm³/mol. The Kier molecular flexibility index (Phi) is 18.4. The molecule has 1 amide bonds. The summed E-state index contributed by atoms with van der Waals surface area (Å²) in [5.41, 5.74) is 5.90. The zero-order valence-corrected chi connectivity index (χ0v) is 25.3. The summed E-state index contributed by atoms with van der Waals surface area (Å²) in [5.74, 6) is -3.11. The van der Waals surface area contributed by atoms with E-state index < -0.39 is 73.1 Å². The second-order valence-electron chi connectivity index (χ2n) is 9.93. The van der Waals surface area contributed by atoms with Gasteiger partial charge in [-0.1, -0.05) is 41.5 Å². The van der Waals surface area contributed by atoms with E-state index in [0.717, 1.165) is 0 Å². The molecule has 0 aromatic heterocycles. The molecule has 1 heterocycles. The van der Waals surface area contributed by atoms with Gasteiger partial charge in [-0.05, 0) is 31.6 Å². The molecule has 232 valence electrons. The second kappa shape index (κ2) is 19.6. The molecular weight excluding hydrogens is 548 g/mol. The van der Waals surface area contributed by atoms with E-state index in [4.69, 9.17) is 29.4 Å². The highest BCUT2D eigenvalue weighted by Gasteiger charge is 2.52. The van der Waals surface area contributed by atoms with E-state index in [1.165, 1.54) is 0 Å². The standard InChI is InChI=1S/C27H46N2O10.ClH/c1-7-11-18(30)29-23-25(38-20(32)13-9-3)24(37-19(31)12-8-2)17(15-35-26(34)22(28)16(5)6)36-27(23)39-21(33)14-10-4;/h16-17,22-25,27H,7-15,28H2,1-6H3,(H,29,30);1H/t17-,22+,23-,24-,25-,27?;/m1./s1. The van der Waals surface area contributed by atoms with Crippen LogP contribution < -0.4 is 11.1 Å². The van der Waals surface area contributed by atoms with Gasteiger partial charge in [0.2, 0.25) is 12.2 Å². The molecule has 1 fully saturated rings. The van der Waals surface area contributed by atoms with Crippen LogP contribution in [-0.2, 0) is 47.7 Å². The Morgan fingerprint density at radius 1 is 0.775 bits per heavy atom. The maximum atomic E-state index is 12.7. The van der Waals surface area contributed by atoms with E-state index in [9.17, 15) is 24.0 Å². The first-order chi connectivity index (χ1) is 18.5. The summed E-state index contributed by atoms with van der Waals surface area (Å²) in [6, 6.07) is -2.10. The first-order valence-electron chi connectivity index (χ1n) is 13.9. The largest absolute Gasteiger partial charge is 0.462 e. The Balaban J connectivity index is 0.0000152. The van der Waals surface area contributed by atoms with Crippen LogP contribution in [0.4, 0.5) is 0 Å². The number of halogens is 1. The van der Waals surface area contributed by atoms with Crippen LogP contribution in [-0.4, -0.2) is 73.1 Å². The van der Waals surface area contributed by atoms with Gasteiger partial charge >= 0.3 is 23.9 Å². The molecule has 0 aliphatic carbocycles. The minimum Gasteiger partial charge on any atom is -0.462 e. The molecule has 1 rings (SSSR count). The van der Waals surface area contributed by atoms with E-state index >= 15 is 0 Å². The Hall–Kier alpha value is -2.44. The number of nitrogens with two attached hydrogens (primary N) is 1. The fourth-order valence-corrected chi connectivity index (χ4v) is 3.81.